The van der Waals surface area contributed by atoms with Crippen LogP contribution in [0.2, 0.25) is 8.73 Å². The van der Waals surface area contributed by atoms with Crippen LogP contribution in [0.4, 0.5) is 0 Å². The van der Waals surface area contributed by atoms with Gasteiger partial charge in [0.2, 0.25) is 0 Å². The van der Waals surface area contributed by atoms with Crippen LogP contribution in [0, 0.1) is 0 Å². The Labute approximate surface area is 104 Å². The van der Waals surface area contributed by atoms with Gasteiger partial charge in [-0.3, -0.25) is 0 Å². The van der Waals surface area contributed by atoms with Crippen molar-refractivity contribution in [3.8, 4) is 0 Å². The van der Waals surface area contributed by atoms with Gasteiger partial charge in [-0.05, 0) is 0 Å². The first-order valence-electron chi connectivity index (χ1n) is 4.74. The Hall–Kier alpha value is 0.928. The zero-order valence-corrected chi connectivity index (χ0v) is 12.8. The molecule has 0 saturated carbocycles. The summed E-state index contributed by atoms with van der Waals surface area (Å²) < 4.78 is 3.21. The fraction of sp³-hybridized carbons (Fsp3) is 0.889. The topological polar surface area (TPSA) is 26.0 Å². The van der Waals surface area contributed by atoms with Gasteiger partial charge in [0, 0.05) is 0 Å². The van der Waals surface area contributed by atoms with Gasteiger partial charge in [0.25, 0.3) is 0 Å². The number of unbranched alkanes of at least 4 members (excludes halogenated alkanes) is 3. The monoisotopic (exact) mass is 327 g/mol. The van der Waals surface area contributed by atoms with Crippen molar-refractivity contribution in [3.05, 3.63) is 0 Å². The van der Waals surface area contributed by atoms with Gasteiger partial charge in [-0.15, -0.1) is 0 Å². The summed E-state index contributed by atoms with van der Waals surface area (Å²) in [4.78, 5) is 0. The minimum Gasteiger partial charge on any atom is -0.415 e. The average molecular weight is 328 g/mol. The maximum absolute atomic E-state index is 4.66. The van der Waals surface area contributed by atoms with E-state index in [1.807, 2.05) is 0 Å². The van der Waals surface area contributed by atoms with E-state index in [4.69, 9.17) is 0 Å². The summed E-state index contributed by atoms with van der Waals surface area (Å²) in [6, 6.07) is 0. The van der Waals surface area contributed by atoms with Crippen LogP contribution < -0.4 is 5.73 Å². The maximum Gasteiger partial charge on any atom is -0.0708 e. The number of thiocarbonyl (C=S) groups is 1. The van der Waals surface area contributed by atoms with Crippen molar-refractivity contribution in [2.75, 3.05) is 0 Å². The summed E-state index contributed by atoms with van der Waals surface area (Å²) in [5.74, 6) is 0. The van der Waals surface area contributed by atoms with Crippen LogP contribution in [-0.2, 0) is 12.6 Å². The zero-order valence-electron chi connectivity index (χ0n) is 8.58. The molecule has 0 rings (SSSR count). The van der Waals surface area contributed by atoms with Gasteiger partial charge >= 0.3 is 69.9 Å². The standard InChI is InChI=1S/C6H13.C2H5.CH3NS2.Sb/c1-3-5-6-4-2;1-2;2-1(3)4;/h1,3-6H2,2H3;1H2,2H3;(H3,2,3,4);/q;;;+1/p-1. The normalized spacial score (nSPS) is 8.77. The SMILES string of the molecule is CCCCC[CH2][Sb+][CH2]C.NC(=S)[S-]. The number of hydrogen-bond donors (Lipinski definition) is 1. The molecule has 0 atom stereocenters. The predicted molar refractivity (Wildman–Crippen MR) is 69.3 cm³/mol. The van der Waals surface area contributed by atoms with E-state index >= 15 is 0 Å². The molecule has 0 aromatic heterocycles. The van der Waals surface area contributed by atoms with Crippen molar-refractivity contribution in [1.29, 1.82) is 0 Å². The van der Waals surface area contributed by atoms with Crippen molar-refractivity contribution in [1.82, 2.24) is 0 Å². The summed E-state index contributed by atoms with van der Waals surface area (Å²) in [5.41, 5.74) is 4.66. The van der Waals surface area contributed by atoms with Gasteiger partial charge in [0.05, 0.1) is 0 Å². The number of nitrogens with two attached hydrogens (primary N) is 1. The smallest absolute Gasteiger partial charge is 0.0708 e. The van der Waals surface area contributed by atoms with Crippen molar-refractivity contribution in [3.63, 3.8) is 0 Å². The quantitative estimate of drug-likeness (QED) is 0.351. The van der Waals surface area contributed by atoms with Crippen LogP contribution >= 0.6 is 12.2 Å². The Morgan fingerprint density at radius 1 is 1.31 bits per heavy atom. The molecule has 0 aliphatic heterocycles. The molecule has 2 radical (unpaired) electrons. The Bertz CT molecular complexity index is 99.8. The molecule has 4 heteroatoms. The minimum atomic E-state index is 0.0833. The molecule has 0 saturated heterocycles. The third kappa shape index (κ3) is 32.2. The number of rotatable bonds is 6. The third-order valence-corrected chi connectivity index (χ3v) is 4.47. The van der Waals surface area contributed by atoms with Crippen LogP contribution in [0.3, 0.4) is 0 Å². The molecule has 2 N–H and O–H groups in total. The Morgan fingerprint density at radius 3 is 2.23 bits per heavy atom. The molecule has 0 heterocycles. The van der Waals surface area contributed by atoms with Crippen LogP contribution in [-0.4, -0.2) is 25.9 Å². The van der Waals surface area contributed by atoms with Gasteiger partial charge in [-0.25, -0.2) is 0 Å². The molecule has 0 aliphatic rings. The van der Waals surface area contributed by atoms with Crippen molar-refractivity contribution >= 4 is 50.8 Å². The first-order chi connectivity index (χ1) is 6.15. The Morgan fingerprint density at radius 2 is 1.85 bits per heavy atom. The van der Waals surface area contributed by atoms with Crippen molar-refractivity contribution in [2.45, 2.75) is 48.3 Å². The van der Waals surface area contributed by atoms with Gasteiger partial charge < -0.3 is 30.6 Å². The second-order valence-corrected chi connectivity index (χ2v) is 8.14. The molecule has 0 bridgehead atoms. The molecule has 0 aromatic carbocycles. The molecule has 78 valence electrons. The average Bonchev–Trinajstić information content (AvgIpc) is 2.03. The molecule has 0 amide bonds. The van der Waals surface area contributed by atoms with E-state index in [-0.39, 0.29) is 4.32 Å². The van der Waals surface area contributed by atoms with E-state index in [0.717, 1.165) is 0 Å². The number of hydrogen-bond acceptors (Lipinski definition) is 2. The Balaban J connectivity index is 0. The maximum atomic E-state index is 4.66. The third-order valence-electron chi connectivity index (χ3n) is 1.39. The minimum absolute atomic E-state index is 0.0833. The van der Waals surface area contributed by atoms with Crippen molar-refractivity contribution in [2.24, 2.45) is 5.73 Å². The molecule has 13 heavy (non-hydrogen) atoms. The molecule has 0 unspecified atom stereocenters. The second kappa shape index (κ2) is 15.4. The predicted octanol–water partition coefficient (Wildman–Crippen LogP) is 2.90. The van der Waals surface area contributed by atoms with Gasteiger partial charge in [0.1, 0.15) is 0 Å². The van der Waals surface area contributed by atoms with E-state index < -0.39 is 0 Å². The molecule has 0 aliphatic carbocycles. The van der Waals surface area contributed by atoms with E-state index in [2.05, 4.69) is 44.4 Å². The summed E-state index contributed by atoms with van der Waals surface area (Å²) >= 11 is 8.57. The van der Waals surface area contributed by atoms with Crippen LogP contribution in [0.5, 0.6) is 0 Å². The molecule has 0 fully saturated rings. The fourth-order valence-electron chi connectivity index (χ4n) is 0.808. The molecule has 1 nitrogen and oxygen atoms in total. The fourth-order valence-corrected chi connectivity index (χ4v) is 2.99. The van der Waals surface area contributed by atoms with Gasteiger partial charge in [-0.1, -0.05) is 4.32 Å². The summed E-state index contributed by atoms with van der Waals surface area (Å²) in [5, 5.41) is 0. The van der Waals surface area contributed by atoms with Crippen molar-refractivity contribution < 1.29 is 0 Å². The molecular weight excluding hydrogens is 308 g/mol. The second-order valence-electron chi connectivity index (χ2n) is 2.64. The van der Waals surface area contributed by atoms with Crippen LogP contribution in [0.1, 0.15) is 39.5 Å². The van der Waals surface area contributed by atoms with Crippen LogP contribution in [0.15, 0.2) is 0 Å². The van der Waals surface area contributed by atoms with Crippen LogP contribution in [0.25, 0.3) is 0 Å². The van der Waals surface area contributed by atoms with Gasteiger partial charge in [0.15, 0.2) is 0 Å². The molecular formula is C9H20NS2Sb. The summed E-state index contributed by atoms with van der Waals surface area (Å²) in [6.45, 7) is 4.61. The summed E-state index contributed by atoms with van der Waals surface area (Å²) in [6.07, 6.45) is 5.86. The van der Waals surface area contributed by atoms with Gasteiger partial charge in [-0.2, -0.15) is 0 Å². The first-order valence-corrected chi connectivity index (χ1v) is 9.17. The first kappa shape index (κ1) is 16.4. The van der Waals surface area contributed by atoms with E-state index in [1.54, 1.807) is 4.37 Å². The molecule has 0 aromatic rings. The largest absolute Gasteiger partial charge is 0.415 e. The van der Waals surface area contributed by atoms with E-state index in [1.165, 1.54) is 30.1 Å². The van der Waals surface area contributed by atoms with E-state index in [9.17, 15) is 0 Å². The van der Waals surface area contributed by atoms with E-state index in [0.29, 0.717) is 21.6 Å². The zero-order chi connectivity index (χ0) is 10.5. The molecule has 0 spiro atoms. The summed E-state index contributed by atoms with van der Waals surface area (Å²) in [7, 11) is 0. The Kier molecular flexibility index (Phi) is 19.4.